The highest BCUT2D eigenvalue weighted by atomic mass is 127. The number of hydrogen-bond acceptors (Lipinski definition) is 0. The van der Waals surface area contributed by atoms with Crippen molar-refractivity contribution in [2.75, 3.05) is 0 Å². The van der Waals surface area contributed by atoms with Crippen LogP contribution in [-0.4, -0.2) is 0 Å². The Kier molecular flexibility index (Phi) is 7.56. The molecule has 0 aliphatic rings. The van der Waals surface area contributed by atoms with Crippen molar-refractivity contribution in [1.29, 1.82) is 0 Å². The van der Waals surface area contributed by atoms with E-state index in [4.69, 9.17) is 0 Å². The van der Waals surface area contributed by atoms with E-state index in [1.807, 2.05) is 0 Å². The number of benzene rings is 2. The molecule has 0 unspecified atom stereocenters. The van der Waals surface area contributed by atoms with Gasteiger partial charge < -0.3 is 48.0 Å². The first-order chi connectivity index (χ1) is 12.5. The minimum Gasteiger partial charge on any atom is -1.00 e. The van der Waals surface area contributed by atoms with Crippen LogP contribution in [0.4, 0.5) is 0 Å². The van der Waals surface area contributed by atoms with Gasteiger partial charge in [-0.3, -0.25) is 0 Å². The Bertz CT molecular complexity index is 1050. The van der Waals surface area contributed by atoms with Crippen LogP contribution in [0.1, 0.15) is 11.4 Å². The number of hydrogen-bond donors (Lipinski definition) is 0. The summed E-state index contributed by atoms with van der Waals surface area (Å²) in [4.78, 5) is 0. The van der Waals surface area contributed by atoms with E-state index in [0.29, 0.717) is 0 Å². The first-order valence-corrected chi connectivity index (χ1v) is 8.99. The highest BCUT2D eigenvalue weighted by Crippen LogP contribution is 2.36. The minimum absolute atomic E-state index is 0. The molecule has 0 saturated carbocycles. The van der Waals surface area contributed by atoms with Crippen LogP contribution in [-0.2, 0) is 14.1 Å². The van der Waals surface area contributed by atoms with Crippen LogP contribution in [0.15, 0.2) is 73.1 Å². The fourth-order valence-electron chi connectivity index (χ4n) is 3.53. The summed E-state index contributed by atoms with van der Waals surface area (Å²) in [6.45, 7) is 4.30. The Labute approximate surface area is 201 Å². The number of nitrogens with zero attached hydrogens (tertiary/aromatic N) is 2. The molecule has 0 fully saturated rings. The van der Waals surface area contributed by atoms with Gasteiger partial charge in [0, 0.05) is 38.1 Å². The zero-order valence-corrected chi connectivity index (χ0v) is 20.9. The van der Waals surface area contributed by atoms with Crippen LogP contribution in [0, 0.1) is 13.8 Å². The molecule has 0 aliphatic carbocycles. The molecule has 2 nitrogen and oxygen atoms in total. The molecule has 4 aromatic rings. The predicted octanol–water partition coefficient (Wildman–Crippen LogP) is -1.55. The number of halogens is 2. The maximum absolute atomic E-state index is 2.27. The summed E-state index contributed by atoms with van der Waals surface area (Å²) in [5.74, 6) is 0. The van der Waals surface area contributed by atoms with Crippen LogP contribution in [0.2, 0.25) is 0 Å². The summed E-state index contributed by atoms with van der Waals surface area (Å²) in [6, 6.07) is 22.1. The first-order valence-electron chi connectivity index (χ1n) is 8.99. The minimum atomic E-state index is 0. The van der Waals surface area contributed by atoms with E-state index in [-0.39, 0.29) is 48.0 Å². The second kappa shape index (κ2) is 9.31. The van der Waals surface area contributed by atoms with Crippen LogP contribution in [0.3, 0.4) is 0 Å². The van der Waals surface area contributed by atoms with Gasteiger partial charge in [0.25, 0.3) is 0 Å². The summed E-state index contributed by atoms with van der Waals surface area (Å²) < 4.78 is 4.30. The lowest BCUT2D eigenvalue weighted by atomic mass is 9.91. The molecule has 2 aromatic carbocycles. The van der Waals surface area contributed by atoms with Gasteiger partial charge in [-0.05, 0) is 33.0 Å². The second-order valence-electron chi connectivity index (χ2n) is 7.04. The quantitative estimate of drug-likeness (QED) is 0.196. The molecule has 144 valence electrons. The third-order valence-corrected chi connectivity index (χ3v) is 5.32. The summed E-state index contributed by atoms with van der Waals surface area (Å²) in [6.07, 6.45) is 4.28. The molecule has 0 aliphatic heterocycles. The first kappa shape index (κ1) is 22.7. The van der Waals surface area contributed by atoms with E-state index < -0.39 is 0 Å². The van der Waals surface area contributed by atoms with Crippen LogP contribution in [0.5, 0.6) is 0 Å². The van der Waals surface area contributed by atoms with E-state index in [1.165, 1.54) is 44.4 Å². The molecule has 4 heteroatoms. The van der Waals surface area contributed by atoms with Gasteiger partial charge in [-0.15, -0.1) is 0 Å². The topological polar surface area (TPSA) is 7.76 Å². The number of aryl methyl sites for hydroxylation is 4. The van der Waals surface area contributed by atoms with E-state index in [1.54, 1.807) is 0 Å². The van der Waals surface area contributed by atoms with Crippen LogP contribution in [0.25, 0.3) is 33.0 Å². The van der Waals surface area contributed by atoms with Gasteiger partial charge in [0.1, 0.15) is 14.1 Å². The summed E-state index contributed by atoms with van der Waals surface area (Å²) in [5.41, 5.74) is 7.59. The van der Waals surface area contributed by atoms with Crippen molar-refractivity contribution >= 4 is 10.8 Å². The van der Waals surface area contributed by atoms with Crippen molar-refractivity contribution in [1.82, 2.24) is 0 Å². The molecule has 0 spiro atoms. The van der Waals surface area contributed by atoms with Gasteiger partial charge in [0.2, 0.25) is 0 Å². The van der Waals surface area contributed by atoms with Gasteiger partial charge in [-0.25, -0.2) is 9.13 Å². The van der Waals surface area contributed by atoms with Gasteiger partial charge >= 0.3 is 0 Å². The van der Waals surface area contributed by atoms with Crippen LogP contribution < -0.4 is 57.1 Å². The lowest BCUT2D eigenvalue weighted by Crippen LogP contribution is -3.00. The van der Waals surface area contributed by atoms with Gasteiger partial charge in [-0.2, -0.15) is 0 Å². The third kappa shape index (κ3) is 4.22. The molecule has 0 atom stereocenters. The fourth-order valence-corrected chi connectivity index (χ4v) is 3.53. The van der Waals surface area contributed by atoms with Crippen molar-refractivity contribution in [2.24, 2.45) is 14.1 Å². The van der Waals surface area contributed by atoms with Gasteiger partial charge in [0.15, 0.2) is 23.8 Å². The van der Waals surface area contributed by atoms with E-state index in [2.05, 4.69) is 110 Å². The van der Waals surface area contributed by atoms with Gasteiger partial charge in [0.05, 0.1) is 0 Å². The van der Waals surface area contributed by atoms with E-state index in [9.17, 15) is 0 Å². The van der Waals surface area contributed by atoms with Crippen molar-refractivity contribution in [2.45, 2.75) is 13.8 Å². The fraction of sp³-hybridized carbons (Fsp3) is 0.167. The number of pyridine rings is 2. The molecular formula is C24H24I2N2. The molecule has 28 heavy (non-hydrogen) atoms. The molecule has 0 amide bonds. The maximum atomic E-state index is 2.27. The second-order valence-corrected chi connectivity index (χ2v) is 7.04. The third-order valence-electron chi connectivity index (χ3n) is 5.32. The van der Waals surface area contributed by atoms with E-state index >= 15 is 0 Å². The lowest BCUT2D eigenvalue weighted by molar-refractivity contribution is -0.677. The molecule has 0 saturated heterocycles. The molecule has 4 rings (SSSR count). The number of rotatable bonds is 2. The highest BCUT2D eigenvalue weighted by Gasteiger charge is 2.13. The highest BCUT2D eigenvalue weighted by molar-refractivity contribution is 6.06. The number of fused-ring (bicyclic) bond motifs is 1. The zero-order valence-electron chi connectivity index (χ0n) is 16.6. The molecule has 0 radical (unpaired) electrons. The van der Waals surface area contributed by atoms with Gasteiger partial charge in [-0.1, -0.05) is 36.4 Å². The molecule has 0 bridgehead atoms. The summed E-state index contributed by atoms with van der Waals surface area (Å²) >= 11 is 0. The van der Waals surface area contributed by atoms with Crippen molar-refractivity contribution < 1.29 is 57.1 Å². The van der Waals surface area contributed by atoms with Crippen molar-refractivity contribution in [3.8, 4) is 22.3 Å². The Hall–Kier alpha value is -1.54. The average molecular weight is 594 g/mol. The average Bonchev–Trinajstić information content (AvgIpc) is 2.65. The van der Waals surface area contributed by atoms with Crippen molar-refractivity contribution in [3.05, 3.63) is 84.4 Å². The molecular weight excluding hydrogens is 570 g/mol. The Balaban J connectivity index is 0.00000140. The standard InChI is InChI=1S/C24H24N2.2HI/c1-17-15-20(11-13-25(17)3)22-9-5-7-19-8-6-10-23(24(19)22)21-12-14-26(4)18(2)16-21;;/h5-16H,1-4H3;2*1H/q+2;;/p-2. The zero-order chi connectivity index (χ0) is 18.3. The van der Waals surface area contributed by atoms with E-state index in [0.717, 1.165) is 0 Å². The largest absolute Gasteiger partial charge is 1.00 e. The Morgan fingerprint density at radius 1 is 0.607 bits per heavy atom. The molecule has 2 heterocycles. The van der Waals surface area contributed by atoms with Crippen molar-refractivity contribution in [3.63, 3.8) is 0 Å². The summed E-state index contributed by atoms with van der Waals surface area (Å²) in [7, 11) is 4.17. The Morgan fingerprint density at radius 3 is 1.43 bits per heavy atom. The smallest absolute Gasteiger partial charge is 0.178 e. The number of aromatic nitrogens is 2. The predicted molar refractivity (Wildman–Crippen MR) is 107 cm³/mol. The van der Waals surface area contributed by atoms with Crippen LogP contribution >= 0.6 is 0 Å². The summed E-state index contributed by atoms with van der Waals surface area (Å²) in [5, 5.41) is 2.59. The maximum Gasteiger partial charge on any atom is 0.178 e. The molecule has 0 N–H and O–H groups in total. The Morgan fingerprint density at radius 2 is 1.04 bits per heavy atom. The molecule has 2 aromatic heterocycles. The SMILES string of the molecule is Cc1cc(-c2cccc3cccc(-c4cc[n+](C)c(C)c4)c23)cc[n+]1C.[I-].[I-]. The monoisotopic (exact) mass is 594 g/mol. The lowest BCUT2D eigenvalue weighted by Gasteiger charge is -2.12. The normalized spacial score (nSPS) is 10.3.